The second kappa shape index (κ2) is 6.21. The Morgan fingerprint density at radius 2 is 2.00 bits per heavy atom. The van der Waals surface area contributed by atoms with Crippen molar-refractivity contribution >= 4 is 0 Å². The van der Waals surface area contributed by atoms with Gasteiger partial charge in [0.2, 0.25) is 0 Å². The lowest BCUT2D eigenvalue weighted by atomic mass is 10.1. The van der Waals surface area contributed by atoms with Crippen molar-refractivity contribution in [1.29, 1.82) is 0 Å². The van der Waals surface area contributed by atoms with Crippen LogP contribution in [0.15, 0.2) is 12.2 Å². The molecule has 0 saturated heterocycles. The fourth-order valence-corrected chi connectivity index (χ4v) is 1.54. The van der Waals surface area contributed by atoms with Crippen LogP contribution in [-0.4, -0.2) is 26.7 Å². The van der Waals surface area contributed by atoms with Gasteiger partial charge in [0.25, 0.3) is 0 Å². The van der Waals surface area contributed by atoms with Crippen LogP contribution in [-0.2, 0) is 0 Å². The van der Waals surface area contributed by atoms with E-state index in [1.165, 1.54) is 25.8 Å². The predicted octanol–water partition coefficient (Wildman–Crippen LogP) is 1.15. The normalized spacial score (nSPS) is 17.4. The molecule has 0 atom stereocenters. The highest BCUT2D eigenvalue weighted by molar-refractivity contribution is 4.94. The zero-order chi connectivity index (χ0) is 8.65. The molecule has 70 valence electrons. The number of nitrogens with one attached hydrogen (secondary N) is 2. The second-order valence-electron chi connectivity index (χ2n) is 3.47. The summed E-state index contributed by atoms with van der Waals surface area (Å²) in [5.74, 6) is 0.875. The molecule has 0 spiro atoms. The minimum Gasteiger partial charge on any atom is -0.320 e. The average Bonchev–Trinajstić information content (AvgIpc) is 2.57. The van der Waals surface area contributed by atoms with Crippen molar-refractivity contribution in [3.63, 3.8) is 0 Å². The van der Waals surface area contributed by atoms with Gasteiger partial charge in [-0.2, -0.15) is 0 Å². The molecule has 0 aromatic rings. The molecule has 1 aliphatic rings. The first-order valence-electron chi connectivity index (χ1n) is 4.94. The van der Waals surface area contributed by atoms with Crippen LogP contribution in [0.1, 0.15) is 19.3 Å². The van der Waals surface area contributed by atoms with E-state index in [9.17, 15) is 0 Å². The van der Waals surface area contributed by atoms with Gasteiger partial charge < -0.3 is 10.6 Å². The summed E-state index contributed by atoms with van der Waals surface area (Å²) in [6, 6.07) is 0. The molecular formula is C10H20N2. The lowest BCUT2D eigenvalue weighted by Gasteiger charge is -2.09. The smallest absolute Gasteiger partial charge is 0.00146 e. The highest BCUT2D eigenvalue weighted by Gasteiger charge is 2.08. The molecular weight excluding hydrogens is 148 g/mol. The van der Waals surface area contributed by atoms with E-state index in [4.69, 9.17) is 0 Å². The average molecular weight is 168 g/mol. The molecule has 0 heterocycles. The Morgan fingerprint density at radius 3 is 2.67 bits per heavy atom. The first-order chi connectivity index (χ1) is 5.93. The van der Waals surface area contributed by atoms with E-state index in [0.29, 0.717) is 0 Å². The van der Waals surface area contributed by atoms with Crippen molar-refractivity contribution in [2.45, 2.75) is 19.3 Å². The van der Waals surface area contributed by atoms with Crippen molar-refractivity contribution in [1.82, 2.24) is 10.6 Å². The van der Waals surface area contributed by atoms with Crippen molar-refractivity contribution in [2.24, 2.45) is 5.92 Å². The van der Waals surface area contributed by atoms with Gasteiger partial charge in [-0.3, -0.25) is 0 Å². The van der Waals surface area contributed by atoms with E-state index >= 15 is 0 Å². The van der Waals surface area contributed by atoms with Crippen LogP contribution >= 0.6 is 0 Å². The first kappa shape index (κ1) is 9.75. The summed E-state index contributed by atoms with van der Waals surface area (Å²) in [4.78, 5) is 0. The topological polar surface area (TPSA) is 24.1 Å². The minimum atomic E-state index is 0.875. The third-order valence-electron chi connectivity index (χ3n) is 2.32. The molecule has 0 amide bonds. The fraction of sp³-hybridized carbons (Fsp3) is 0.800. The van der Waals surface area contributed by atoms with Crippen molar-refractivity contribution < 1.29 is 0 Å². The summed E-state index contributed by atoms with van der Waals surface area (Å²) in [6.45, 7) is 3.46. The van der Waals surface area contributed by atoms with Crippen LogP contribution in [0.4, 0.5) is 0 Å². The molecule has 1 rings (SSSR count). The monoisotopic (exact) mass is 168 g/mol. The highest BCUT2D eigenvalue weighted by atomic mass is 14.9. The third-order valence-corrected chi connectivity index (χ3v) is 2.32. The van der Waals surface area contributed by atoms with Crippen molar-refractivity contribution in [2.75, 3.05) is 26.7 Å². The van der Waals surface area contributed by atoms with Gasteiger partial charge in [0.15, 0.2) is 0 Å². The van der Waals surface area contributed by atoms with Gasteiger partial charge >= 0.3 is 0 Å². The molecule has 0 aliphatic heterocycles. The van der Waals surface area contributed by atoms with Gasteiger partial charge in [-0.25, -0.2) is 0 Å². The van der Waals surface area contributed by atoms with Crippen LogP contribution in [0.25, 0.3) is 0 Å². The molecule has 2 N–H and O–H groups in total. The molecule has 0 aromatic heterocycles. The lowest BCUT2D eigenvalue weighted by molar-refractivity contribution is 0.496. The molecule has 0 bridgehead atoms. The minimum absolute atomic E-state index is 0.875. The van der Waals surface area contributed by atoms with Crippen molar-refractivity contribution in [3.05, 3.63) is 12.2 Å². The lowest BCUT2D eigenvalue weighted by Crippen LogP contribution is -2.24. The molecule has 0 aromatic carbocycles. The summed E-state index contributed by atoms with van der Waals surface area (Å²) in [5, 5.41) is 6.63. The summed E-state index contributed by atoms with van der Waals surface area (Å²) in [6.07, 6.45) is 8.37. The second-order valence-corrected chi connectivity index (χ2v) is 3.47. The summed E-state index contributed by atoms with van der Waals surface area (Å²) in [7, 11) is 2.00. The molecule has 0 saturated carbocycles. The Bertz CT molecular complexity index is 124. The van der Waals surface area contributed by atoms with Crippen LogP contribution in [0.3, 0.4) is 0 Å². The van der Waals surface area contributed by atoms with Gasteiger partial charge in [0, 0.05) is 0 Å². The van der Waals surface area contributed by atoms with E-state index in [0.717, 1.165) is 19.0 Å². The number of allylic oxidation sites excluding steroid dienone is 2. The quantitative estimate of drug-likeness (QED) is 0.459. The van der Waals surface area contributed by atoms with Gasteiger partial charge in [-0.05, 0) is 51.9 Å². The number of rotatable bonds is 6. The maximum absolute atomic E-state index is 3.48. The molecule has 0 radical (unpaired) electrons. The molecule has 1 aliphatic carbocycles. The molecule has 2 nitrogen and oxygen atoms in total. The highest BCUT2D eigenvalue weighted by Crippen LogP contribution is 2.15. The summed E-state index contributed by atoms with van der Waals surface area (Å²) in [5.41, 5.74) is 0. The Balaban J connectivity index is 1.82. The Kier molecular flexibility index (Phi) is 5.04. The zero-order valence-corrected chi connectivity index (χ0v) is 7.97. The summed E-state index contributed by atoms with van der Waals surface area (Å²) >= 11 is 0. The molecule has 0 fully saturated rings. The zero-order valence-electron chi connectivity index (χ0n) is 7.97. The van der Waals surface area contributed by atoms with E-state index in [1.807, 2.05) is 7.05 Å². The Labute approximate surface area is 75.4 Å². The van der Waals surface area contributed by atoms with Gasteiger partial charge in [-0.1, -0.05) is 12.2 Å². The van der Waals surface area contributed by atoms with Crippen LogP contribution in [0.5, 0.6) is 0 Å². The third kappa shape index (κ3) is 3.88. The summed E-state index contributed by atoms with van der Waals surface area (Å²) < 4.78 is 0. The fourth-order valence-electron chi connectivity index (χ4n) is 1.54. The van der Waals surface area contributed by atoms with Crippen LogP contribution < -0.4 is 10.6 Å². The van der Waals surface area contributed by atoms with Crippen LogP contribution in [0, 0.1) is 5.92 Å². The van der Waals surface area contributed by atoms with E-state index < -0.39 is 0 Å². The molecule has 12 heavy (non-hydrogen) atoms. The molecule has 0 unspecified atom stereocenters. The maximum Gasteiger partial charge on any atom is -0.00146 e. The van der Waals surface area contributed by atoms with E-state index in [2.05, 4.69) is 22.8 Å². The molecule has 2 heteroatoms. The predicted molar refractivity (Wildman–Crippen MR) is 53.3 cm³/mol. The van der Waals surface area contributed by atoms with E-state index in [-0.39, 0.29) is 0 Å². The largest absolute Gasteiger partial charge is 0.320 e. The van der Waals surface area contributed by atoms with Gasteiger partial charge in [0.05, 0.1) is 0 Å². The number of hydrogen-bond acceptors (Lipinski definition) is 2. The Morgan fingerprint density at radius 1 is 1.25 bits per heavy atom. The SMILES string of the molecule is CNCCCNCC1CC=CC1. The van der Waals surface area contributed by atoms with Gasteiger partial charge in [0.1, 0.15) is 0 Å². The standard InChI is InChI=1S/C10H20N2/c1-11-7-4-8-12-9-10-5-2-3-6-10/h2-3,10-12H,4-9H2,1H3. The Hall–Kier alpha value is -0.340. The van der Waals surface area contributed by atoms with Crippen LogP contribution in [0.2, 0.25) is 0 Å². The number of hydrogen-bond donors (Lipinski definition) is 2. The van der Waals surface area contributed by atoms with Gasteiger partial charge in [-0.15, -0.1) is 0 Å². The maximum atomic E-state index is 3.48. The van der Waals surface area contributed by atoms with E-state index in [1.54, 1.807) is 0 Å². The van der Waals surface area contributed by atoms with Crippen molar-refractivity contribution in [3.8, 4) is 0 Å². The first-order valence-corrected chi connectivity index (χ1v) is 4.94.